The van der Waals surface area contributed by atoms with Crippen molar-refractivity contribution in [2.75, 3.05) is 19.6 Å². The first-order valence-electron chi connectivity index (χ1n) is 6.09. The first-order valence-corrected chi connectivity index (χ1v) is 6.09. The maximum Gasteiger partial charge on any atom is 0.0678 e. The molecule has 3 nitrogen and oxygen atoms in total. The Morgan fingerprint density at radius 3 is 2.33 bits per heavy atom. The van der Waals surface area contributed by atoms with Crippen molar-refractivity contribution < 1.29 is 4.74 Å². The molecule has 1 aliphatic rings. The summed E-state index contributed by atoms with van der Waals surface area (Å²) in [6.07, 6.45) is 2.92. The van der Waals surface area contributed by atoms with Gasteiger partial charge in [-0.25, -0.2) is 0 Å². The zero-order valence-electron chi connectivity index (χ0n) is 10.6. The van der Waals surface area contributed by atoms with E-state index in [1.165, 1.54) is 0 Å². The molecule has 0 amide bonds. The highest BCUT2D eigenvalue weighted by Crippen LogP contribution is 2.16. The van der Waals surface area contributed by atoms with E-state index in [1.807, 2.05) is 0 Å². The molecule has 0 aromatic rings. The van der Waals surface area contributed by atoms with Gasteiger partial charge in [0.05, 0.1) is 12.2 Å². The number of hydrogen-bond donors (Lipinski definition) is 1. The van der Waals surface area contributed by atoms with E-state index in [-0.39, 0.29) is 5.54 Å². The Hall–Kier alpha value is -0.120. The Morgan fingerprint density at radius 2 is 1.87 bits per heavy atom. The molecule has 90 valence electrons. The van der Waals surface area contributed by atoms with E-state index in [4.69, 9.17) is 10.5 Å². The molecule has 0 saturated carbocycles. The lowest BCUT2D eigenvalue weighted by Crippen LogP contribution is -2.54. The SMILES string of the molecule is CCCC(C)(N)CN1CC(C)OC(C)C1. The Balaban J connectivity index is 2.43. The van der Waals surface area contributed by atoms with Gasteiger partial charge in [0.2, 0.25) is 0 Å². The highest BCUT2D eigenvalue weighted by Gasteiger charge is 2.27. The topological polar surface area (TPSA) is 38.5 Å². The molecule has 1 saturated heterocycles. The van der Waals surface area contributed by atoms with Crippen LogP contribution in [0.2, 0.25) is 0 Å². The maximum absolute atomic E-state index is 6.27. The molecule has 1 rings (SSSR count). The van der Waals surface area contributed by atoms with Crippen molar-refractivity contribution in [2.45, 2.75) is 58.3 Å². The number of hydrogen-bond acceptors (Lipinski definition) is 3. The average molecular weight is 214 g/mol. The Labute approximate surface area is 94.0 Å². The van der Waals surface area contributed by atoms with Crippen molar-refractivity contribution in [3.63, 3.8) is 0 Å². The van der Waals surface area contributed by atoms with Gasteiger partial charge in [-0.2, -0.15) is 0 Å². The maximum atomic E-state index is 6.27. The van der Waals surface area contributed by atoms with Crippen LogP contribution >= 0.6 is 0 Å². The summed E-state index contributed by atoms with van der Waals surface area (Å²) in [4.78, 5) is 2.44. The average Bonchev–Trinajstić information content (AvgIpc) is 1.99. The van der Waals surface area contributed by atoms with Gasteiger partial charge in [-0.15, -0.1) is 0 Å². The fraction of sp³-hybridized carbons (Fsp3) is 1.00. The fourth-order valence-electron chi connectivity index (χ4n) is 2.57. The van der Waals surface area contributed by atoms with Gasteiger partial charge in [-0.3, -0.25) is 4.90 Å². The molecule has 2 N–H and O–H groups in total. The Morgan fingerprint density at radius 1 is 1.33 bits per heavy atom. The third-order valence-corrected chi connectivity index (χ3v) is 2.90. The van der Waals surface area contributed by atoms with Crippen LogP contribution in [-0.2, 0) is 4.74 Å². The molecule has 0 aromatic carbocycles. The van der Waals surface area contributed by atoms with E-state index in [2.05, 4.69) is 32.6 Å². The van der Waals surface area contributed by atoms with E-state index in [0.717, 1.165) is 32.5 Å². The predicted octanol–water partition coefficient (Wildman–Crippen LogP) is 1.61. The van der Waals surface area contributed by atoms with Gasteiger partial charge < -0.3 is 10.5 Å². The first kappa shape index (κ1) is 12.9. The number of rotatable bonds is 4. The van der Waals surface area contributed by atoms with Crippen LogP contribution in [0.1, 0.15) is 40.5 Å². The van der Waals surface area contributed by atoms with Gasteiger partial charge in [-0.1, -0.05) is 13.3 Å². The monoisotopic (exact) mass is 214 g/mol. The van der Waals surface area contributed by atoms with Gasteiger partial charge in [0.1, 0.15) is 0 Å². The number of ether oxygens (including phenoxy) is 1. The Kier molecular flexibility index (Phi) is 4.56. The lowest BCUT2D eigenvalue weighted by molar-refractivity contribution is -0.0723. The molecule has 1 aliphatic heterocycles. The van der Waals surface area contributed by atoms with E-state index >= 15 is 0 Å². The summed E-state index contributed by atoms with van der Waals surface area (Å²) in [5, 5.41) is 0. The van der Waals surface area contributed by atoms with E-state index in [9.17, 15) is 0 Å². The van der Waals surface area contributed by atoms with E-state index in [1.54, 1.807) is 0 Å². The summed E-state index contributed by atoms with van der Waals surface area (Å²) >= 11 is 0. The zero-order chi connectivity index (χ0) is 11.5. The summed E-state index contributed by atoms with van der Waals surface area (Å²) < 4.78 is 5.71. The van der Waals surface area contributed by atoms with Crippen LogP contribution in [0.4, 0.5) is 0 Å². The summed E-state index contributed by atoms with van der Waals surface area (Å²) in [5.74, 6) is 0. The van der Waals surface area contributed by atoms with E-state index in [0.29, 0.717) is 12.2 Å². The van der Waals surface area contributed by atoms with Crippen molar-refractivity contribution in [3.8, 4) is 0 Å². The molecule has 0 radical (unpaired) electrons. The second kappa shape index (κ2) is 5.28. The van der Waals surface area contributed by atoms with Crippen LogP contribution in [0.25, 0.3) is 0 Å². The lowest BCUT2D eigenvalue weighted by Gasteiger charge is -2.39. The minimum atomic E-state index is -0.0501. The summed E-state index contributed by atoms with van der Waals surface area (Å²) in [5.41, 5.74) is 6.22. The summed E-state index contributed by atoms with van der Waals surface area (Å²) in [6, 6.07) is 0. The highest BCUT2D eigenvalue weighted by molar-refractivity contribution is 4.85. The summed E-state index contributed by atoms with van der Waals surface area (Å²) in [7, 11) is 0. The number of nitrogens with zero attached hydrogens (tertiary/aromatic N) is 1. The van der Waals surface area contributed by atoms with Gasteiger partial charge in [0, 0.05) is 25.2 Å². The van der Waals surface area contributed by atoms with Crippen LogP contribution in [0.15, 0.2) is 0 Å². The number of nitrogens with two attached hydrogens (primary N) is 1. The molecular formula is C12H26N2O. The van der Waals surface area contributed by atoms with Gasteiger partial charge >= 0.3 is 0 Å². The summed E-state index contributed by atoms with van der Waals surface area (Å²) in [6.45, 7) is 11.6. The van der Waals surface area contributed by atoms with E-state index < -0.39 is 0 Å². The van der Waals surface area contributed by atoms with Crippen LogP contribution in [0, 0.1) is 0 Å². The Bertz CT molecular complexity index is 184. The van der Waals surface area contributed by atoms with Crippen LogP contribution in [0.3, 0.4) is 0 Å². The van der Waals surface area contributed by atoms with Crippen molar-refractivity contribution in [2.24, 2.45) is 5.73 Å². The molecule has 15 heavy (non-hydrogen) atoms. The molecule has 0 spiro atoms. The molecule has 3 unspecified atom stereocenters. The van der Waals surface area contributed by atoms with Crippen LogP contribution in [0.5, 0.6) is 0 Å². The van der Waals surface area contributed by atoms with Crippen molar-refractivity contribution in [3.05, 3.63) is 0 Å². The molecule has 0 aromatic heterocycles. The molecule has 0 aliphatic carbocycles. The van der Waals surface area contributed by atoms with Crippen LogP contribution in [-0.4, -0.2) is 42.3 Å². The predicted molar refractivity (Wildman–Crippen MR) is 63.9 cm³/mol. The zero-order valence-corrected chi connectivity index (χ0v) is 10.6. The van der Waals surface area contributed by atoms with Crippen molar-refractivity contribution in [1.82, 2.24) is 4.90 Å². The third kappa shape index (κ3) is 4.49. The van der Waals surface area contributed by atoms with Crippen molar-refractivity contribution in [1.29, 1.82) is 0 Å². The second-order valence-electron chi connectivity index (χ2n) is 5.36. The fourth-order valence-corrected chi connectivity index (χ4v) is 2.57. The first-order chi connectivity index (χ1) is 6.93. The highest BCUT2D eigenvalue weighted by atomic mass is 16.5. The molecule has 1 heterocycles. The van der Waals surface area contributed by atoms with Gasteiger partial charge in [-0.05, 0) is 27.2 Å². The number of morpholine rings is 1. The molecule has 3 atom stereocenters. The third-order valence-electron chi connectivity index (χ3n) is 2.90. The smallest absolute Gasteiger partial charge is 0.0678 e. The quantitative estimate of drug-likeness (QED) is 0.773. The van der Waals surface area contributed by atoms with Crippen LogP contribution < -0.4 is 5.73 Å². The molecule has 1 fully saturated rings. The normalized spacial score (nSPS) is 32.6. The molecule has 3 heteroatoms. The molecule has 0 bridgehead atoms. The standard InChI is InChI=1S/C12H26N2O/c1-5-6-12(4,13)9-14-7-10(2)15-11(3)8-14/h10-11H,5-9,13H2,1-4H3. The second-order valence-corrected chi connectivity index (χ2v) is 5.36. The van der Waals surface area contributed by atoms with Gasteiger partial charge in [0.15, 0.2) is 0 Å². The van der Waals surface area contributed by atoms with Gasteiger partial charge in [0.25, 0.3) is 0 Å². The largest absolute Gasteiger partial charge is 0.373 e. The molecular weight excluding hydrogens is 188 g/mol. The lowest BCUT2D eigenvalue weighted by atomic mass is 9.96. The minimum Gasteiger partial charge on any atom is -0.373 e. The minimum absolute atomic E-state index is 0.0501. The van der Waals surface area contributed by atoms with Crippen molar-refractivity contribution >= 4 is 0 Å².